The van der Waals surface area contributed by atoms with Crippen LogP contribution in [0, 0.1) is 0 Å². The molecule has 0 saturated carbocycles. The van der Waals surface area contributed by atoms with Crippen LogP contribution >= 0.6 is 23.5 Å². The van der Waals surface area contributed by atoms with E-state index in [9.17, 15) is 0 Å². The first-order chi connectivity index (χ1) is 8.78. The fourth-order valence-corrected chi connectivity index (χ4v) is 4.07. The van der Waals surface area contributed by atoms with Crippen LogP contribution in [0.25, 0.3) is 0 Å². The Balaban J connectivity index is 2.03. The Labute approximate surface area is 114 Å². The molecule has 0 spiro atoms. The normalized spacial score (nSPS) is 13.9. The van der Waals surface area contributed by atoms with Gasteiger partial charge in [0.25, 0.3) is 0 Å². The van der Waals surface area contributed by atoms with Gasteiger partial charge in [0.15, 0.2) is 0 Å². The van der Waals surface area contributed by atoms with Crippen LogP contribution in [0.4, 0.5) is 0 Å². The number of rotatable bonds is 1. The molecule has 0 atom stereocenters. The van der Waals surface area contributed by atoms with E-state index in [0.717, 1.165) is 5.56 Å². The maximum absolute atomic E-state index is 8.83. The number of hydrogen-bond acceptors (Lipinski definition) is 4. The molecule has 0 aliphatic carbocycles. The average molecular weight is 273 g/mol. The standard InChI is InChI=1S/C14H11NOS2/c1-9(15-16)10-6-7-13-14(8-10)18-12-5-3-2-4-11(12)17-13/h2-8,16H,1H3/b15-9-. The molecule has 3 rings (SSSR count). The fourth-order valence-electron chi connectivity index (χ4n) is 1.81. The summed E-state index contributed by atoms with van der Waals surface area (Å²) in [7, 11) is 0. The molecule has 2 aromatic carbocycles. The van der Waals surface area contributed by atoms with Crippen LogP contribution in [0.5, 0.6) is 0 Å². The van der Waals surface area contributed by atoms with Gasteiger partial charge in [0.2, 0.25) is 0 Å². The minimum Gasteiger partial charge on any atom is -0.411 e. The van der Waals surface area contributed by atoms with Gasteiger partial charge in [-0.3, -0.25) is 0 Å². The number of hydrogen-bond donors (Lipinski definition) is 1. The zero-order chi connectivity index (χ0) is 12.5. The molecule has 18 heavy (non-hydrogen) atoms. The first kappa shape index (κ1) is 11.7. The fraction of sp³-hybridized carbons (Fsp3) is 0.0714. The minimum atomic E-state index is 0.641. The van der Waals surface area contributed by atoms with Crippen LogP contribution in [-0.2, 0) is 0 Å². The molecule has 0 bridgehead atoms. The van der Waals surface area contributed by atoms with E-state index in [1.54, 1.807) is 30.4 Å². The van der Waals surface area contributed by atoms with E-state index in [2.05, 4.69) is 41.6 Å². The van der Waals surface area contributed by atoms with Crippen molar-refractivity contribution in [2.75, 3.05) is 0 Å². The van der Waals surface area contributed by atoms with Gasteiger partial charge >= 0.3 is 0 Å². The van der Waals surface area contributed by atoms with Crippen molar-refractivity contribution in [3.05, 3.63) is 48.0 Å². The van der Waals surface area contributed by atoms with E-state index in [0.29, 0.717) is 5.71 Å². The number of nitrogens with zero attached hydrogens (tertiary/aromatic N) is 1. The molecule has 2 nitrogen and oxygen atoms in total. The van der Waals surface area contributed by atoms with Crippen molar-refractivity contribution >= 4 is 29.2 Å². The number of oxime groups is 1. The van der Waals surface area contributed by atoms with Gasteiger partial charge in [-0.15, -0.1) is 0 Å². The quantitative estimate of drug-likeness (QED) is 0.402. The Bertz CT molecular complexity index is 637. The lowest BCUT2D eigenvalue weighted by molar-refractivity contribution is 0.319. The van der Waals surface area contributed by atoms with Gasteiger partial charge in [0.1, 0.15) is 0 Å². The highest BCUT2D eigenvalue weighted by molar-refractivity contribution is 8.05. The molecule has 1 aliphatic rings. The van der Waals surface area contributed by atoms with Crippen LogP contribution in [0.2, 0.25) is 0 Å². The van der Waals surface area contributed by atoms with Crippen LogP contribution in [0.15, 0.2) is 67.2 Å². The molecule has 90 valence electrons. The third-order valence-electron chi connectivity index (χ3n) is 2.80. The number of fused-ring (bicyclic) bond motifs is 2. The first-order valence-electron chi connectivity index (χ1n) is 5.56. The predicted molar refractivity (Wildman–Crippen MR) is 75.1 cm³/mol. The van der Waals surface area contributed by atoms with Crippen LogP contribution < -0.4 is 0 Å². The third kappa shape index (κ3) is 2.02. The first-order valence-corrected chi connectivity index (χ1v) is 7.19. The van der Waals surface area contributed by atoms with Gasteiger partial charge in [-0.2, -0.15) is 0 Å². The van der Waals surface area contributed by atoms with Crippen molar-refractivity contribution in [3.63, 3.8) is 0 Å². The van der Waals surface area contributed by atoms with Crippen molar-refractivity contribution in [2.24, 2.45) is 5.16 Å². The summed E-state index contributed by atoms with van der Waals surface area (Å²) in [6.07, 6.45) is 0. The van der Waals surface area contributed by atoms with E-state index in [-0.39, 0.29) is 0 Å². The predicted octanol–water partition coefficient (Wildman–Crippen LogP) is 4.50. The lowest BCUT2D eigenvalue weighted by atomic mass is 10.1. The van der Waals surface area contributed by atoms with Gasteiger partial charge in [-0.05, 0) is 31.2 Å². The highest BCUT2D eigenvalue weighted by Gasteiger charge is 2.17. The van der Waals surface area contributed by atoms with Gasteiger partial charge in [-0.25, -0.2) is 0 Å². The highest BCUT2D eigenvalue weighted by Crippen LogP contribution is 2.48. The van der Waals surface area contributed by atoms with Gasteiger partial charge in [-0.1, -0.05) is 46.9 Å². The summed E-state index contributed by atoms with van der Waals surface area (Å²) in [6, 6.07) is 14.6. The maximum Gasteiger partial charge on any atom is 0.0837 e. The Kier molecular flexibility index (Phi) is 3.06. The molecule has 0 saturated heterocycles. The summed E-state index contributed by atoms with van der Waals surface area (Å²) in [4.78, 5) is 5.06. The Morgan fingerprint density at radius 3 is 2.22 bits per heavy atom. The topological polar surface area (TPSA) is 32.6 Å². The van der Waals surface area contributed by atoms with E-state index >= 15 is 0 Å². The summed E-state index contributed by atoms with van der Waals surface area (Å²) in [5.74, 6) is 0. The van der Waals surface area contributed by atoms with E-state index in [1.165, 1.54) is 19.6 Å². The van der Waals surface area contributed by atoms with Crippen molar-refractivity contribution in [3.8, 4) is 0 Å². The lowest BCUT2D eigenvalue weighted by Gasteiger charge is -2.18. The number of benzene rings is 2. The zero-order valence-electron chi connectivity index (χ0n) is 9.75. The van der Waals surface area contributed by atoms with Gasteiger partial charge < -0.3 is 5.21 Å². The summed E-state index contributed by atoms with van der Waals surface area (Å²) in [5, 5.41) is 12.1. The zero-order valence-corrected chi connectivity index (χ0v) is 11.4. The molecule has 0 amide bonds. The Morgan fingerprint density at radius 2 is 1.56 bits per heavy atom. The van der Waals surface area contributed by atoms with E-state index in [1.807, 2.05) is 6.07 Å². The molecule has 1 heterocycles. The Morgan fingerprint density at radius 1 is 0.944 bits per heavy atom. The average Bonchev–Trinajstić information content (AvgIpc) is 2.43. The molecule has 1 N–H and O–H groups in total. The second-order valence-corrected chi connectivity index (χ2v) is 6.17. The lowest BCUT2D eigenvalue weighted by Crippen LogP contribution is -1.97. The molecule has 2 aromatic rings. The smallest absolute Gasteiger partial charge is 0.0837 e. The molecule has 0 unspecified atom stereocenters. The largest absolute Gasteiger partial charge is 0.411 e. The van der Waals surface area contributed by atoms with Crippen LogP contribution in [0.3, 0.4) is 0 Å². The molecule has 0 radical (unpaired) electrons. The molecular weight excluding hydrogens is 262 g/mol. The SMILES string of the molecule is C/C(=N/O)c1ccc2c(c1)Sc1ccccc1S2. The second-order valence-electron chi connectivity index (χ2n) is 4.00. The summed E-state index contributed by atoms with van der Waals surface area (Å²) < 4.78 is 0. The third-order valence-corrected chi connectivity index (χ3v) is 5.34. The van der Waals surface area contributed by atoms with Crippen LogP contribution in [0.1, 0.15) is 12.5 Å². The summed E-state index contributed by atoms with van der Waals surface area (Å²) in [5.41, 5.74) is 1.60. The molecule has 0 fully saturated rings. The van der Waals surface area contributed by atoms with Gasteiger partial charge in [0, 0.05) is 25.1 Å². The van der Waals surface area contributed by atoms with Crippen molar-refractivity contribution < 1.29 is 5.21 Å². The summed E-state index contributed by atoms with van der Waals surface area (Å²) >= 11 is 3.55. The van der Waals surface area contributed by atoms with Crippen molar-refractivity contribution in [1.29, 1.82) is 0 Å². The molecule has 1 aliphatic heterocycles. The monoisotopic (exact) mass is 273 g/mol. The highest BCUT2D eigenvalue weighted by atomic mass is 32.2. The second kappa shape index (κ2) is 4.71. The van der Waals surface area contributed by atoms with Crippen molar-refractivity contribution in [1.82, 2.24) is 0 Å². The van der Waals surface area contributed by atoms with E-state index in [4.69, 9.17) is 5.21 Å². The molecule has 0 aromatic heterocycles. The Hall–Kier alpha value is -1.39. The molecule has 4 heteroatoms. The summed E-state index contributed by atoms with van der Waals surface area (Å²) in [6.45, 7) is 1.80. The maximum atomic E-state index is 8.83. The minimum absolute atomic E-state index is 0.641. The van der Waals surface area contributed by atoms with E-state index < -0.39 is 0 Å². The van der Waals surface area contributed by atoms with Crippen molar-refractivity contribution in [2.45, 2.75) is 26.5 Å². The van der Waals surface area contributed by atoms with Gasteiger partial charge in [0.05, 0.1) is 5.71 Å². The molecular formula is C14H11NOS2. The van der Waals surface area contributed by atoms with Crippen LogP contribution in [-0.4, -0.2) is 10.9 Å².